The molecule has 0 fully saturated rings. The van der Waals surface area contributed by atoms with Gasteiger partial charge in [-0.15, -0.1) is 0 Å². The van der Waals surface area contributed by atoms with Crippen molar-refractivity contribution in [1.29, 1.82) is 0 Å². The van der Waals surface area contributed by atoms with Crippen LogP contribution < -0.4 is 0 Å². The average Bonchev–Trinajstić information content (AvgIpc) is 2.34. The van der Waals surface area contributed by atoms with Gasteiger partial charge in [-0.25, -0.2) is 0 Å². The Morgan fingerprint density at radius 2 is 2.16 bits per heavy atom. The molecule has 1 rings (SSSR count). The third kappa shape index (κ3) is 3.42. The lowest BCUT2D eigenvalue weighted by molar-refractivity contribution is -0.385. The van der Waals surface area contributed by atoms with E-state index in [2.05, 4.69) is 0 Å². The van der Waals surface area contributed by atoms with Gasteiger partial charge in [0.1, 0.15) is 5.56 Å². The smallest absolute Gasteiger partial charge is 0.283 e. The maximum absolute atomic E-state index is 12.3. The van der Waals surface area contributed by atoms with Crippen LogP contribution in [0.25, 0.3) is 0 Å². The van der Waals surface area contributed by atoms with Crippen LogP contribution in [0.5, 0.6) is 0 Å². The molecule has 1 aromatic carbocycles. The molecule has 0 saturated carbocycles. The van der Waals surface area contributed by atoms with Crippen molar-refractivity contribution in [3.8, 4) is 0 Å². The Bertz CT molecular complexity index is 491. The number of aliphatic hydroxyl groups is 1. The molecule has 104 valence electrons. The first-order valence-corrected chi connectivity index (χ1v) is 6.12. The minimum atomic E-state index is -0.642. The summed E-state index contributed by atoms with van der Waals surface area (Å²) in [6.07, 6.45) is 0. The van der Waals surface area contributed by atoms with Crippen LogP contribution in [0.2, 0.25) is 5.02 Å². The highest BCUT2D eigenvalue weighted by atomic mass is 35.5. The molecule has 1 N–H and O–H groups in total. The van der Waals surface area contributed by atoms with Crippen LogP contribution >= 0.6 is 11.6 Å². The molecule has 7 heteroatoms. The van der Waals surface area contributed by atoms with Crippen molar-refractivity contribution in [1.82, 2.24) is 4.90 Å². The maximum Gasteiger partial charge on any atom is 0.283 e. The van der Waals surface area contributed by atoms with Crippen LogP contribution in [0.4, 0.5) is 5.69 Å². The summed E-state index contributed by atoms with van der Waals surface area (Å²) >= 11 is 5.90. The number of hydrogen-bond donors (Lipinski definition) is 1. The first-order chi connectivity index (χ1) is 8.90. The summed E-state index contributed by atoms with van der Waals surface area (Å²) in [4.78, 5) is 24.0. The molecule has 1 aromatic rings. The van der Waals surface area contributed by atoms with Gasteiger partial charge in [-0.1, -0.05) is 17.7 Å². The molecule has 1 amide bonds. The number of benzene rings is 1. The van der Waals surface area contributed by atoms with E-state index in [1.54, 1.807) is 13.8 Å². The summed E-state index contributed by atoms with van der Waals surface area (Å²) in [7, 11) is 0. The second kappa shape index (κ2) is 6.49. The maximum atomic E-state index is 12.3. The molecule has 19 heavy (non-hydrogen) atoms. The zero-order valence-corrected chi connectivity index (χ0v) is 11.4. The molecule has 0 aliphatic carbocycles. The highest BCUT2D eigenvalue weighted by Crippen LogP contribution is 2.28. The second-order valence-electron chi connectivity index (χ2n) is 4.21. The summed E-state index contributed by atoms with van der Waals surface area (Å²) in [6.45, 7) is 3.40. The molecule has 0 radical (unpaired) electrons. The fourth-order valence-corrected chi connectivity index (χ4v) is 1.97. The van der Waals surface area contributed by atoms with Crippen molar-refractivity contribution in [2.75, 3.05) is 13.2 Å². The van der Waals surface area contributed by atoms with Gasteiger partial charge in [0, 0.05) is 18.7 Å². The lowest BCUT2D eigenvalue weighted by atomic mass is 10.1. The van der Waals surface area contributed by atoms with Gasteiger partial charge in [-0.3, -0.25) is 14.9 Å². The number of nitro benzene ring substituents is 1. The van der Waals surface area contributed by atoms with Gasteiger partial charge in [0.15, 0.2) is 0 Å². The Morgan fingerprint density at radius 1 is 1.53 bits per heavy atom. The van der Waals surface area contributed by atoms with Crippen LogP contribution in [-0.2, 0) is 0 Å². The minimum absolute atomic E-state index is 0.0304. The van der Waals surface area contributed by atoms with Crippen LogP contribution in [0, 0.1) is 10.1 Å². The molecule has 0 saturated heterocycles. The van der Waals surface area contributed by atoms with Crippen molar-refractivity contribution < 1.29 is 14.8 Å². The fraction of sp³-hybridized carbons (Fsp3) is 0.417. The number of nitro groups is 1. The van der Waals surface area contributed by atoms with Crippen LogP contribution in [0.1, 0.15) is 24.2 Å². The molecule has 0 spiro atoms. The van der Waals surface area contributed by atoms with Gasteiger partial charge < -0.3 is 10.0 Å². The lowest BCUT2D eigenvalue weighted by Crippen LogP contribution is -2.39. The van der Waals surface area contributed by atoms with Crippen molar-refractivity contribution in [3.05, 3.63) is 38.9 Å². The third-order valence-corrected chi connectivity index (χ3v) is 2.94. The topological polar surface area (TPSA) is 83.7 Å². The number of amides is 1. The van der Waals surface area contributed by atoms with E-state index >= 15 is 0 Å². The van der Waals surface area contributed by atoms with Crippen molar-refractivity contribution >= 4 is 23.2 Å². The Balaban J connectivity index is 3.28. The highest BCUT2D eigenvalue weighted by Gasteiger charge is 2.28. The number of carbonyl (C=O) groups excluding carboxylic acids is 1. The second-order valence-corrected chi connectivity index (χ2v) is 4.61. The van der Waals surface area contributed by atoms with Gasteiger partial charge >= 0.3 is 0 Å². The molecular formula is C12H15ClN2O4. The molecule has 0 aromatic heterocycles. The molecule has 0 unspecified atom stereocenters. The predicted molar refractivity (Wildman–Crippen MR) is 71.4 cm³/mol. The Kier molecular flexibility index (Phi) is 5.26. The average molecular weight is 287 g/mol. The van der Waals surface area contributed by atoms with E-state index in [0.717, 1.165) is 0 Å². The fourth-order valence-electron chi connectivity index (χ4n) is 1.72. The summed E-state index contributed by atoms with van der Waals surface area (Å²) in [6, 6.07) is 3.88. The lowest BCUT2D eigenvalue weighted by Gasteiger charge is -2.26. The van der Waals surface area contributed by atoms with Gasteiger partial charge in [-0.2, -0.15) is 0 Å². The number of hydrogen-bond acceptors (Lipinski definition) is 4. The van der Waals surface area contributed by atoms with E-state index < -0.39 is 10.8 Å². The summed E-state index contributed by atoms with van der Waals surface area (Å²) in [5, 5.41) is 20.0. The zero-order chi connectivity index (χ0) is 14.6. The Hall–Kier alpha value is -1.66. The van der Waals surface area contributed by atoms with E-state index in [1.165, 1.54) is 23.1 Å². The summed E-state index contributed by atoms with van der Waals surface area (Å²) in [5.74, 6) is -0.554. The van der Waals surface area contributed by atoms with Crippen molar-refractivity contribution in [3.63, 3.8) is 0 Å². The Labute approximate surface area is 115 Å². The quantitative estimate of drug-likeness (QED) is 0.663. The van der Waals surface area contributed by atoms with E-state index in [0.29, 0.717) is 0 Å². The summed E-state index contributed by atoms with van der Waals surface area (Å²) < 4.78 is 0. The van der Waals surface area contributed by atoms with Gasteiger partial charge in [0.25, 0.3) is 11.6 Å². The molecule has 0 bridgehead atoms. The molecule has 0 aliphatic rings. The van der Waals surface area contributed by atoms with Gasteiger partial charge in [-0.05, 0) is 19.9 Å². The number of nitrogens with zero attached hydrogens (tertiary/aromatic N) is 2. The molecule has 0 heterocycles. The molecule has 0 aliphatic heterocycles. The first-order valence-electron chi connectivity index (χ1n) is 5.74. The number of aliphatic hydroxyl groups excluding tert-OH is 1. The third-order valence-electron chi connectivity index (χ3n) is 2.63. The molecule has 6 nitrogen and oxygen atoms in total. The highest BCUT2D eigenvalue weighted by molar-refractivity contribution is 6.34. The normalized spacial score (nSPS) is 10.6. The zero-order valence-electron chi connectivity index (χ0n) is 10.7. The van der Waals surface area contributed by atoms with Crippen molar-refractivity contribution in [2.45, 2.75) is 19.9 Å². The first kappa shape index (κ1) is 15.4. The van der Waals surface area contributed by atoms with E-state index in [-0.39, 0.29) is 35.5 Å². The minimum Gasteiger partial charge on any atom is -0.395 e. The van der Waals surface area contributed by atoms with E-state index in [4.69, 9.17) is 16.7 Å². The van der Waals surface area contributed by atoms with Crippen LogP contribution in [0.15, 0.2) is 18.2 Å². The monoisotopic (exact) mass is 286 g/mol. The Morgan fingerprint density at radius 3 is 2.63 bits per heavy atom. The van der Waals surface area contributed by atoms with E-state index in [9.17, 15) is 14.9 Å². The van der Waals surface area contributed by atoms with Crippen molar-refractivity contribution in [2.24, 2.45) is 0 Å². The number of rotatable bonds is 5. The number of carbonyl (C=O) groups is 1. The standard InChI is InChI=1S/C12H15ClN2O4/c1-8(2)14(6-7-16)12(17)11-9(13)4-3-5-10(11)15(18)19/h3-5,8,16H,6-7H2,1-2H3. The number of halogens is 1. The molecule has 0 atom stereocenters. The van der Waals surface area contributed by atoms with Gasteiger partial charge in [0.2, 0.25) is 0 Å². The largest absolute Gasteiger partial charge is 0.395 e. The predicted octanol–water partition coefficient (Wildman–Crippen LogP) is 2.09. The van der Waals surface area contributed by atoms with Gasteiger partial charge in [0.05, 0.1) is 16.6 Å². The van der Waals surface area contributed by atoms with Crippen LogP contribution in [0.3, 0.4) is 0 Å². The SMILES string of the molecule is CC(C)N(CCO)C(=O)c1c(Cl)cccc1[N+](=O)[O-]. The summed E-state index contributed by atoms with van der Waals surface area (Å²) in [5.41, 5.74) is -0.475. The molecular weight excluding hydrogens is 272 g/mol. The van der Waals surface area contributed by atoms with Crippen LogP contribution in [-0.4, -0.2) is 40.0 Å². The van der Waals surface area contributed by atoms with E-state index in [1.807, 2.05) is 0 Å².